The SMILES string of the molecule is CCCCC1=Cc2c(ccc(CCC)c2-c2cc(C)cc(C)c2)[CH]1[Zr]([Cl])([Cl])([c]1cccc2c1[SiH2]c1ccccc1-2)[CH]1C(CCCC)=Cc2c1ccc(CCC)c2-c1cc(C)cc(C)c1. The Morgan fingerprint density at radius 2 is 0.969 bits per heavy atom. The summed E-state index contributed by atoms with van der Waals surface area (Å²) in [6.45, 7) is 18.3. The fourth-order valence-electron chi connectivity index (χ4n) is 12.5. The molecule has 3 aliphatic rings. The summed E-state index contributed by atoms with van der Waals surface area (Å²) in [5, 5.41) is 3.01. The van der Waals surface area contributed by atoms with Crippen LogP contribution >= 0.6 is 17.0 Å². The predicted octanol–water partition coefficient (Wildman–Crippen LogP) is 15.5. The van der Waals surface area contributed by atoms with Gasteiger partial charge in [-0.2, -0.15) is 0 Å². The summed E-state index contributed by atoms with van der Waals surface area (Å²) in [5.74, 6) is 0. The van der Waals surface area contributed by atoms with Gasteiger partial charge < -0.3 is 0 Å². The van der Waals surface area contributed by atoms with E-state index in [0.29, 0.717) is 0 Å². The molecule has 9 rings (SSSR count). The fourth-order valence-corrected chi connectivity index (χ4v) is 40.5. The number of halogens is 2. The molecular formula is C60H67Cl2SiZr. The monoisotopic (exact) mass is 975 g/mol. The average molecular weight is 978 g/mol. The Morgan fingerprint density at radius 3 is 1.44 bits per heavy atom. The number of benzene rings is 6. The van der Waals surface area contributed by atoms with Crippen molar-refractivity contribution in [3.8, 4) is 33.4 Å². The van der Waals surface area contributed by atoms with Gasteiger partial charge in [0.15, 0.2) is 0 Å². The number of unbranched alkanes of at least 4 members (excludes halogenated alkanes) is 2. The zero-order valence-corrected chi connectivity index (χ0v) is 45.0. The van der Waals surface area contributed by atoms with E-state index in [9.17, 15) is 17.0 Å². The Morgan fingerprint density at radius 1 is 0.500 bits per heavy atom. The summed E-state index contributed by atoms with van der Waals surface area (Å²) in [7, 11) is 18.3. The number of aryl methyl sites for hydroxylation is 6. The summed E-state index contributed by atoms with van der Waals surface area (Å²) < 4.78 is 1.19. The molecule has 2 atom stereocenters. The Labute approximate surface area is 395 Å². The van der Waals surface area contributed by atoms with Crippen molar-refractivity contribution in [2.24, 2.45) is 0 Å². The Kier molecular flexibility index (Phi) is 13.0. The second-order valence-electron chi connectivity index (χ2n) is 19.8. The van der Waals surface area contributed by atoms with E-state index in [2.05, 4.69) is 171 Å². The second-order valence-corrected chi connectivity index (χ2v) is 42.2. The van der Waals surface area contributed by atoms with Crippen molar-refractivity contribution in [2.45, 2.75) is 127 Å². The van der Waals surface area contributed by atoms with E-state index >= 15 is 0 Å². The molecule has 6 aromatic carbocycles. The number of allylic oxidation sites excluding steroid dienone is 2. The maximum absolute atomic E-state index is 9.58. The third-order valence-electron chi connectivity index (χ3n) is 14.9. The minimum absolute atomic E-state index is 0.0724. The van der Waals surface area contributed by atoms with Gasteiger partial charge in [0, 0.05) is 0 Å². The third kappa shape index (κ3) is 7.79. The molecule has 2 unspecified atom stereocenters. The van der Waals surface area contributed by atoms with Crippen molar-refractivity contribution >= 4 is 52.3 Å². The summed E-state index contributed by atoms with van der Waals surface area (Å²) >= 11 is -5.71. The molecule has 6 aromatic rings. The second kappa shape index (κ2) is 18.3. The van der Waals surface area contributed by atoms with E-state index in [4.69, 9.17) is 0 Å². The number of hydrogen-bond acceptors (Lipinski definition) is 0. The van der Waals surface area contributed by atoms with Gasteiger partial charge in [-0.25, -0.2) is 0 Å². The molecule has 0 nitrogen and oxygen atoms in total. The van der Waals surface area contributed by atoms with Crippen molar-refractivity contribution in [1.29, 1.82) is 0 Å². The molecule has 1 heterocycles. The topological polar surface area (TPSA) is 0 Å². The molecule has 2 aliphatic carbocycles. The van der Waals surface area contributed by atoms with E-state index in [-0.39, 0.29) is 7.25 Å². The molecule has 0 aromatic heterocycles. The van der Waals surface area contributed by atoms with Crippen molar-refractivity contribution in [2.75, 3.05) is 0 Å². The van der Waals surface area contributed by atoms with Crippen LogP contribution in [-0.2, 0) is 29.2 Å². The summed E-state index contributed by atoms with van der Waals surface area (Å²) in [5.41, 5.74) is 24.7. The van der Waals surface area contributed by atoms with Gasteiger partial charge >= 0.3 is 399 Å². The summed E-state index contributed by atoms with van der Waals surface area (Å²) in [6.07, 6.45) is 16.0. The van der Waals surface area contributed by atoms with E-state index < -0.39 is 25.9 Å². The molecule has 0 radical (unpaired) electrons. The van der Waals surface area contributed by atoms with Crippen LogP contribution in [0.15, 0.2) is 114 Å². The van der Waals surface area contributed by atoms with Gasteiger partial charge in [0.1, 0.15) is 0 Å². The van der Waals surface area contributed by atoms with Crippen LogP contribution in [0.3, 0.4) is 0 Å². The Bertz CT molecular complexity index is 2670. The summed E-state index contributed by atoms with van der Waals surface area (Å²) in [6, 6.07) is 40.5. The van der Waals surface area contributed by atoms with Gasteiger partial charge in [0.25, 0.3) is 0 Å². The van der Waals surface area contributed by atoms with Crippen molar-refractivity contribution in [3.63, 3.8) is 0 Å². The fraction of sp³-hybridized carbons (Fsp3) is 0.333. The van der Waals surface area contributed by atoms with Crippen LogP contribution in [0, 0.1) is 27.7 Å². The minimum atomic E-state index is -5.71. The first kappa shape index (κ1) is 45.6. The number of hydrogen-bond donors (Lipinski definition) is 0. The van der Waals surface area contributed by atoms with Gasteiger partial charge in [0.05, 0.1) is 0 Å². The van der Waals surface area contributed by atoms with E-state index in [0.717, 1.165) is 64.2 Å². The van der Waals surface area contributed by atoms with E-state index in [1.807, 2.05) is 0 Å². The zero-order valence-electron chi connectivity index (χ0n) is 39.7. The number of rotatable bonds is 15. The molecule has 1 aliphatic heterocycles. The molecule has 0 N–H and O–H groups in total. The Balaban J connectivity index is 1.40. The molecule has 0 saturated heterocycles. The standard InChI is InChI=1S/2C24H29.C12H9Si.2ClH.Zr/c2*1-5-7-9-19-15-21-11-10-20(8-6-2)24(23(21)16-19)22-13-17(3)12-18(4)14-22;1-3-7-11-9(5-1)10-6-2-4-8-12(10)13-11;;;/h2*10-16H,5-9H2,1-4H3;1-7H,13H2;2*1H;/q;;;;;+2/p-2. The van der Waals surface area contributed by atoms with Gasteiger partial charge in [-0.1, -0.05) is 0 Å². The molecule has 0 bridgehead atoms. The van der Waals surface area contributed by atoms with E-state index in [1.165, 1.54) is 114 Å². The first-order chi connectivity index (χ1) is 30.9. The maximum atomic E-state index is 9.58. The predicted molar refractivity (Wildman–Crippen MR) is 282 cm³/mol. The summed E-state index contributed by atoms with van der Waals surface area (Å²) in [4.78, 5) is 0. The van der Waals surface area contributed by atoms with Crippen LogP contribution < -0.4 is 13.6 Å². The molecule has 0 fully saturated rings. The van der Waals surface area contributed by atoms with Gasteiger partial charge in [-0.05, 0) is 0 Å². The van der Waals surface area contributed by atoms with Gasteiger partial charge in [-0.15, -0.1) is 0 Å². The molecule has 0 spiro atoms. The molecule has 0 saturated carbocycles. The van der Waals surface area contributed by atoms with Crippen LogP contribution in [0.1, 0.15) is 142 Å². The van der Waals surface area contributed by atoms with Crippen molar-refractivity contribution in [1.82, 2.24) is 0 Å². The molecule has 0 amide bonds. The van der Waals surface area contributed by atoms with Gasteiger partial charge in [-0.3, -0.25) is 0 Å². The third-order valence-corrected chi connectivity index (χ3v) is 37.7. The molecule has 4 heteroatoms. The molecule has 64 heavy (non-hydrogen) atoms. The van der Waals surface area contributed by atoms with Crippen molar-refractivity contribution < 1.29 is 16.4 Å². The van der Waals surface area contributed by atoms with Crippen LogP contribution in [0.2, 0.25) is 0 Å². The molecule has 329 valence electrons. The zero-order chi connectivity index (χ0) is 44.9. The number of fused-ring (bicyclic) bond motifs is 5. The quantitative estimate of drug-likeness (QED) is 0.0898. The Hall–Kier alpha value is -3.52. The first-order valence-electron chi connectivity index (χ1n) is 24.6. The van der Waals surface area contributed by atoms with Gasteiger partial charge in [0.2, 0.25) is 0 Å². The van der Waals surface area contributed by atoms with Crippen LogP contribution in [0.4, 0.5) is 0 Å². The normalized spacial score (nSPS) is 17.1. The average Bonchev–Trinajstić information content (AvgIpc) is 3.96. The van der Waals surface area contributed by atoms with Crippen molar-refractivity contribution in [3.05, 3.63) is 170 Å². The van der Waals surface area contributed by atoms with Crippen LogP contribution in [-0.4, -0.2) is 9.52 Å². The van der Waals surface area contributed by atoms with Crippen LogP contribution in [0.25, 0.3) is 45.5 Å². The van der Waals surface area contributed by atoms with E-state index in [1.54, 1.807) is 0 Å². The van der Waals surface area contributed by atoms with Crippen LogP contribution in [0.5, 0.6) is 0 Å². The molecular weight excluding hydrogens is 911 g/mol. The first-order valence-corrected chi connectivity index (χ1v) is 36.4.